The first kappa shape index (κ1) is 17.7. The van der Waals surface area contributed by atoms with Crippen molar-refractivity contribution in [2.75, 3.05) is 24.1 Å². The lowest BCUT2D eigenvalue weighted by Gasteiger charge is -2.12. The van der Waals surface area contributed by atoms with Gasteiger partial charge in [0.1, 0.15) is 5.82 Å². The van der Waals surface area contributed by atoms with Gasteiger partial charge in [0.25, 0.3) is 5.91 Å². The molecule has 0 aromatic heterocycles. The van der Waals surface area contributed by atoms with Crippen LogP contribution in [0.1, 0.15) is 16.8 Å². The molecule has 1 aromatic carbocycles. The molecule has 21 heavy (non-hydrogen) atoms. The van der Waals surface area contributed by atoms with Crippen molar-refractivity contribution in [3.05, 3.63) is 29.6 Å². The lowest BCUT2D eigenvalue weighted by molar-refractivity contribution is 0.0940. The average Bonchev–Trinajstić information content (AvgIpc) is 2.83. The molecule has 6 nitrogen and oxygen atoms in total. The average molecular weight is 338 g/mol. The quantitative estimate of drug-likeness (QED) is 0.755. The minimum Gasteiger partial charge on any atom is -0.348 e. The molecule has 1 amide bonds. The minimum atomic E-state index is -3.60. The van der Waals surface area contributed by atoms with Crippen LogP contribution in [0.15, 0.2) is 18.2 Å². The number of hydrogen-bond donors (Lipinski definition) is 3. The number of hydrogen-bond acceptors (Lipinski definition) is 4. The predicted molar refractivity (Wildman–Crippen MR) is 80.9 cm³/mol. The highest BCUT2D eigenvalue weighted by Crippen LogP contribution is 2.17. The third-order valence-electron chi connectivity index (χ3n) is 2.92. The molecule has 1 saturated heterocycles. The van der Waals surface area contributed by atoms with E-state index in [0.717, 1.165) is 25.3 Å². The Morgan fingerprint density at radius 1 is 1.43 bits per heavy atom. The number of nitrogens with one attached hydrogen (secondary N) is 3. The third-order valence-corrected chi connectivity index (χ3v) is 3.51. The number of carbonyl (C=O) groups is 1. The maximum atomic E-state index is 13.5. The zero-order valence-corrected chi connectivity index (χ0v) is 13.0. The molecule has 1 fully saturated rings. The second-order valence-corrected chi connectivity index (χ2v) is 6.48. The Kier molecular flexibility index (Phi) is 5.94. The van der Waals surface area contributed by atoms with E-state index in [1.807, 2.05) is 4.72 Å². The van der Waals surface area contributed by atoms with Gasteiger partial charge >= 0.3 is 0 Å². The Bertz CT molecular complexity index is 618. The van der Waals surface area contributed by atoms with E-state index in [2.05, 4.69) is 10.6 Å². The van der Waals surface area contributed by atoms with E-state index in [1.165, 1.54) is 12.1 Å². The Balaban J connectivity index is 0.00000220. The summed E-state index contributed by atoms with van der Waals surface area (Å²) in [5, 5.41) is 5.92. The summed E-state index contributed by atoms with van der Waals surface area (Å²) < 4.78 is 37.8. The molecular weight excluding hydrogens is 321 g/mol. The SMILES string of the molecule is CS(=O)(=O)Nc1cc(C(=O)NC2CCNC2)ccc1F.Cl. The number of amides is 1. The first-order chi connectivity index (χ1) is 9.35. The highest BCUT2D eigenvalue weighted by atomic mass is 35.5. The van der Waals surface area contributed by atoms with Gasteiger partial charge in [0, 0.05) is 18.2 Å². The van der Waals surface area contributed by atoms with E-state index < -0.39 is 15.8 Å². The van der Waals surface area contributed by atoms with Gasteiger partial charge in [0.2, 0.25) is 10.0 Å². The van der Waals surface area contributed by atoms with E-state index in [-0.39, 0.29) is 35.6 Å². The van der Waals surface area contributed by atoms with E-state index in [9.17, 15) is 17.6 Å². The maximum Gasteiger partial charge on any atom is 0.251 e. The second kappa shape index (κ2) is 7.06. The molecule has 0 saturated carbocycles. The van der Waals surface area contributed by atoms with Crippen molar-refractivity contribution in [2.24, 2.45) is 0 Å². The van der Waals surface area contributed by atoms with Crippen LogP contribution in [0.3, 0.4) is 0 Å². The largest absolute Gasteiger partial charge is 0.348 e. The van der Waals surface area contributed by atoms with Crippen molar-refractivity contribution in [3.8, 4) is 0 Å². The molecule has 2 rings (SSSR count). The Labute approximate surface area is 129 Å². The Morgan fingerprint density at radius 3 is 2.71 bits per heavy atom. The highest BCUT2D eigenvalue weighted by Gasteiger charge is 2.18. The number of sulfonamides is 1. The standard InChI is InChI=1S/C12H16FN3O3S.ClH/c1-20(18,19)16-11-6-8(2-3-10(11)13)12(17)15-9-4-5-14-7-9;/h2-3,6,9,14,16H,4-5,7H2,1H3,(H,15,17);1H. The van der Waals surface area contributed by atoms with Crippen LogP contribution in [-0.4, -0.2) is 39.7 Å². The predicted octanol–water partition coefficient (Wildman–Crippen LogP) is 0.711. The van der Waals surface area contributed by atoms with Gasteiger partial charge in [-0.15, -0.1) is 12.4 Å². The van der Waals surface area contributed by atoms with E-state index >= 15 is 0 Å². The summed E-state index contributed by atoms with van der Waals surface area (Å²) in [5.41, 5.74) is -0.0193. The number of anilines is 1. The van der Waals surface area contributed by atoms with Crippen LogP contribution >= 0.6 is 12.4 Å². The maximum absolute atomic E-state index is 13.5. The lowest BCUT2D eigenvalue weighted by Crippen LogP contribution is -2.36. The lowest BCUT2D eigenvalue weighted by atomic mass is 10.1. The molecular formula is C12H17ClFN3O3S. The zero-order chi connectivity index (χ0) is 14.8. The number of benzene rings is 1. The number of carbonyl (C=O) groups excluding carboxylic acids is 1. The molecule has 1 aliphatic rings. The Morgan fingerprint density at radius 2 is 2.14 bits per heavy atom. The molecule has 0 spiro atoms. The molecule has 1 atom stereocenters. The monoisotopic (exact) mass is 337 g/mol. The van der Waals surface area contributed by atoms with Crippen LogP contribution in [0, 0.1) is 5.82 Å². The van der Waals surface area contributed by atoms with E-state index in [4.69, 9.17) is 0 Å². The fraction of sp³-hybridized carbons (Fsp3) is 0.417. The van der Waals surface area contributed by atoms with Gasteiger partial charge in [-0.05, 0) is 31.2 Å². The number of rotatable bonds is 4. The van der Waals surface area contributed by atoms with Gasteiger partial charge in [0.15, 0.2) is 0 Å². The summed E-state index contributed by atoms with van der Waals surface area (Å²) in [4.78, 5) is 12.0. The normalized spacial score (nSPS) is 17.9. The van der Waals surface area contributed by atoms with Crippen LogP contribution in [0.2, 0.25) is 0 Å². The topological polar surface area (TPSA) is 87.3 Å². The Hall–Kier alpha value is -1.38. The summed E-state index contributed by atoms with van der Waals surface area (Å²) >= 11 is 0. The van der Waals surface area contributed by atoms with Crippen LogP contribution in [0.25, 0.3) is 0 Å². The highest BCUT2D eigenvalue weighted by molar-refractivity contribution is 7.92. The van der Waals surface area contributed by atoms with Crippen LogP contribution < -0.4 is 15.4 Å². The molecule has 3 N–H and O–H groups in total. The first-order valence-corrected chi connectivity index (χ1v) is 8.03. The molecule has 118 valence electrons. The van der Waals surface area contributed by atoms with Gasteiger partial charge in [-0.1, -0.05) is 0 Å². The van der Waals surface area contributed by atoms with Gasteiger partial charge in [0.05, 0.1) is 11.9 Å². The first-order valence-electron chi connectivity index (χ1n) is 6.14. The second-order valence-electron chi connectivity index (χ2n) is 4.73. The van der Waals surface area contributed by atoms with Gasteiger partial charge in [-0.2, -0.15) is 0 Å². The molecule has 9 heteroatoms. The molecule has 0 aliphatic carbocycles. The van der Waals surface area contributed by atoms with Crippen LogP contribution in [0.4, 0.5) is 10.1 Å². The summed E-state index contributed by atoms with van der Waals surface area (Å²) in [6.07, 6.45) is 1.75. The van der Waals surface area contributed by atoms with Crippen LogP contribution in [0.5, 0.6) is 0 Å². The third kappa shape index (κ3) is 5.14. The summed E-state index contributed by atoms with van der Waals surface area (Å²) in [5.74, 6) is -1.08. The smallest absolute Gasteiger partial charge is 0.251 e. The fourth-order valence-corrected chi connectivity index (χ4v) is 2.55. The van der Waals surface area contributed by atoms with E-state index in [0.29, 0.717) is 6.54 Å². The van der Waals surface area contributed by atoms with Crippen molar-refractivity contribution in [1.82, 2.24) is 10.6 Å². The van der Waals surface area contributed by atoms with Crippen molar-refractivity contribution in [3.63, 3.8) is 0 Å². The van der Waals surface area contributed by atoms with Crippen molar-refractivity contribution >= 4 is 34.0 Å². The fourth-order valence-electron chi connectivity index (χ4n) is 1.99. The van der Waals surface area contributed by atoms with Gasteiger partial charge in [-0.3, -0.25) is 9.52 Å². The van der Waals surface area contributed by atoms with Crippen LogP contribution in [-0.2, 0) is 10.0 Å². The summed E-state index contributed by atoms with van der Waals surface area (Å²) in [6, 6.07) is 3.61. The summed E-state index contributed by atoms with van der Waals surface area (Å²) in [7, 11) is -3.60. The number of halogens is 2. The molecule has 0 bridgehead atoms. The van der Waals surface area contributed by atoms with Gasteiger partial charge < -0.3 is 10.6 Å². The van der Waals surface area contributed by atoms with E-state index in [1.54, 1.807) is 0 Å². The van der Waals surface area contributed by atoms with Gasteiger partial charge in [-0.25, -0.2) is 12.8 Å². The minimum absolute atomic E-state index is 0. The van der Waals surface area contributed by atoms with Crippen molar-refractivity contribution < 1.29 is 17.6 Å². The molecule has 0 radical (unpaired) electrons. The molecule has 1 aliphatic heterocycles. The zero-order valence-electron chi connectivity index (χ0n) is 11.3. The molecule has 1 heterocycles. The van der Waals surface area contributed by atoms with Crippen molar-refractivity contribution in [1.29, 1.82) is 0 Å². The van der Waals surface area contributed by atoms with Crippen molar-refractivity contribution in [2.45, 2.75) is 12.5 Å². The molecule has 1 aromatic rings. The molecule has 1 unspecified atom stereocenters. The summed E-state index contributed by atoms with van der Waals surface area (Å²) in [6.45, 7) is 1.54.